The number of ketones is 1. The zero-order valence-electron chi connectivity index (χ0n) is 9.25. The van der Waals surface area contributed by atoms with Crippen molar-refractivity contribution in [3.8, 4) is 5.75 Å². The van der Waals surface area contributed by atoms with E-state index in [9.17, 15) is 13.6 Å². The normalized spacial score (nSPS) is 12.6. The number of Topliss-reactive ketones (excluding diaryl/α,β-unsaturated/α-hetero) is 1. The molecule has 0 aliphatic rings. The summed E-state index contributed by atoms with van der Waals surface area (Å²) in [6.45, 7) is -1.52. The molecule has 0 bridgehead atoms. The van der Waals surface area contributed by atoms with Crippen LogP contribution in [0.3, 0.4) is 0 Å². The Hall–Kier alpha value is -0.620. The average molecular weight is 325 g/mol. The monoisotopic (exact) mass is 324 g/mol. The van der Waals surface area contributed by atoms with E-state index in [2.05, 4.69) is 20.7 Å². The number of ether oxygens (including phenoxy) is 1. The van der Waals surface area contributed by atoms with Gasteiger partial charge in [0.1, 0.15) is 16.4 Å². The fraction of sp³-hybridized carbons (Fsp3) is 0.364. The Bertz CT molecular complexity index is 412. The third kappa shape index (κ3) is 3.96. The topological polar surface area (TPSA) is 26.3 Å². The first-order valence-electron chi connectivity index (χ1n) is 4.73. The number of thioether (sulfide) groups is 1. The number of rotatable bonds is 5. The number of benzene rings is 1. The van der Waals surface area contributed by atoms with Crippen molar-refractivity contribution in [1.82, 2.24) is 0 Å². The third-order valence-corrected chi connectivity index (χ3v) is 3.93. The standard InChI is InChI=1S/C11H11BrF2O2S/c1-6(15)10(12)8-5-7(17-2)3-4-9(8)16-11(13)14/h3-5,10-11H,1-2H3. The van der Waals surface area contributed by atoms with Crippen LogP contribution in [-0.2, 0) is 4.79 Å². The Kier molecular flexibility index (Phi) is 5.39. The molecular formula is C11H11BrF2O2S. The van der Waals surface area contributed by atoms with Crippen LogP contribution in [0.1, 0.15) is 17.3 Å². The van der Waals surface area contributed by atoms with Crippen molar-refractivity contribution in [3.63, 3.8) is 0 Å². The van der Waals surface area contributed by atoms with Gasteiger partial charge in [0.05, 0.1) is 0 Å². The Labute approximate surface area is 111 Å². The quantitative estimate of drug-likeness (QED) is 0.604. The summed E-state index contributed by atoms with van der Waals surface area (Å²) in [5.41, 5.74) is 0.421. The van der Waals surface area contributed by atoms with E-state index in [1.807, 2.05) is 6.26 Å². The largest absolute Gasteiger partial charge is 0.434 e. The Morgan fingerprint density at radius 1 is 1.47 bits per heavy atom. The highest BCUT2D eigenvalue weighted by molar-refractivity contribution is 9.09. The van der Waals surface area contributed by atoms with Crippen molar-refractivity contribution < 1.29 is 18.3 Å². The lowest BCUT2D eigenvalue weighted by Gasteiger charge is -2.14. The fourth-order valence-corrected chi connectivity index (χ4v) is 2.08. The van der Waals surface area contributed by atoms with E-state index < -0.39 is 11.4 Å². The maximum atomic E-state index is 12.2. The van der Waals surface area contributed by atoms with Crippen LogP contribution in [0.4, 0.5) is 8.78 Å². The molecule has 0 aliphatic carbocycles. The molecule has 1 atom stereocenters. The molecular weight excluding hydrogens is 314 g/mol. The van der Waals surface area contributed by atoms with Gasteiger partial charge in [-0.3, -0.25) is 4.79 Å². The van der Waals surface area contributed by atoms with Crippen molar-refractivity contribution in [2.24, 2.45) is 0 Å². The van der Waals surface area contributed by atoms with Crippen LogP contribution in [0.25, 0.3) is 0 Å². The van der Waals surface area contributed by atoms with Crippen LogP contribution >= 0.6 is 27.7 Å². The molecule has 6 heteroatoms. The van der Waals surface area contributed by atoms with Crippen LogP contribution in [0.2, 0.25) is 0 Å². The third-order valence-electron chi connectivity index (χ3n) is 2.06. The summed E-state index contributed by atoms with van der Waals surface area (Å²) in [4.78, 5) is 11.5. The molecule has 17 heavy (non-hydrogen) atoms. The zero-order valence-corrected chi connectivity index (χ0v) is 11.6. The minimum absolute atomic E-state index is 0.0230. The summed E-state index contributed by atoms with van der Waals surface area (Å²) in [5.74, 6) is -0.141. The molecule has 2 nitrogen and oxygen atoms in total. The number of halogens is 3. The molecule has 0 N–H and O–H groups in total. The lowest BCUT2D eigenvalue weighted by molar-refractivity contribution is -0.116. The van der Waals surface area contributed by atoms with Crippen LogP contribution < -0.4 is 4.74 Å². The van der Waals surface area contributed by atoms with Crippen molar-refractivity contribution >= 4 is 33.5 Å². The molecule has 0 heterocycles. The molecule has 1 unspecified atom stereocenters. The maximum absolute atomic E-state index is 12.2. The predicted molar refractivity (Wildman–Crippen MR) is 67.2 cm³/mol. The molecule has 0 aliphatic heterocycles. The lowest BCUT2D eigenvalue weighted by Crippen LogP contribution is -2.08. The maximum Gasteiger partial charge on any atom is 0.387 e. The van der Waals surface area contributed by atoms with Gasteiger partial charge >= 0.3 is 6.61 Å². The predicted octanol–water partition coefficient (Wildman–Crippen LogP) is 4.03. The lowest BCUT2D eigenvalue weighted by atomic mass is 10.1. The van der Waals surface area contributed by atoms with Crippen molar-refractivity contribution in [2.45, 2.75) is 23.3 Å². The molecule has 1 aromatic carbocycles. The number of hydrogen-bond acceptors (Lipinski definition) is 3. The molecule has 0 aromatic heterocycles. The molecule has 0 radical (unpaired) electrons. The second-order valence-electron chi connectivity index (χ2n) is 3.26. The van der Waals surface area contributed by atoms with Crippen molar-refractivity contribution in [1.29, 1.82) is 0 Å². The van der Waals surface area contributed by atoms with Crippen molar-refractivity contribution in [2.75, 3.05) is 6.26 Å². The average Bonchev–Trinajstić information content (AvgIpc) is 2.27. The molecule has 1 rings (SSSR count). The van der Waals surface area contributed by atoms with E-state index in [1.165, 1.54) is 24.8 Å². The van der Waals surface area contributed by atoms with Gasteiger partial charge in [-0.15, -0.1) is 11.8 Å². The smallest absolute Gasteiger partial charge is 0.387 e. The zero-order chi connectivity index (χ0) is 13.0. The summed E-state index contributed by atoms with van der Waals surface area (Å²) in [7, 11) is 0. The van der Waals surface area contributed by atoms with Gasteiger partial charge in [-0.1, -0.05) is 15.9 Å². The van der Waals surface area contributed by atoms with Crippen LogP contribution in [-0.4, -0.2) is 18.7 Å². The van der Waals surface area contributed by atoms with Gasteiger partial charge < -0.3 is 4.74 Å². The Balaban J connectivity index is 3.15. The van der Waals surface area contributed by atoms with Gasteiger partial charge in [0.15, 0.2) is 0 Å². The number of carbonyl (C=O) groups is 1. The molecule has 0 saturated heterocycles. The number of alkyl halides is 3. The minimum Gasteiger partial charge on any atom is -0.434 e. The van der Waals surface area contributed by atoms with E-state index >= 15 is 0 Å². The van der Waals surface area contributed by atoms with E-state index in [0.29, 0.717) is 5.56 Å². The summed E-state index contributed by atoms with van der Waals surface area (Å²) >= 11 is 4.64. The second kappa shape index (κ2) is 6.35. The van der Waals surface area contributed by atoms with Gasteiger partial charge in [0, 0.05) is 10.5 Å². The highest BCUT2D eigenvalue weighted by atomic mass is 79.9. The van der Waals surface area contributed by atoms with Crippen LogP contribution in [0.15, 0.2) is 23.1 Å². The second-order valence-corrected chi connectivity index (χ2v) is 5.05. The van der Waals surface area contributed by atoms with Gasteiger partial charge in [-0.05, 0) is 31.4 Å². The summed E-state index contributed by atoms with van der Waals surface area (Å²) < 4.78 is 28.8. The summed E-state index contributed by atoms with van der Waals surface area (Å²) in [5, 5.41) is 0. The Morgan fingerprint density at radius 3 is 2.59 bits per heavy atom. The minimum atomic E-state index is -2.90. The highest BCUT2D eigenvalue weighted by Crippen LogP contribution is 2.35. The van der Waals surface area contributed by atoms with Crippen LogP contribution in [0, 0.1) is 0 Å². The van der Waals surface area contributed by atoms with E-state index in [-0.39, 0.29) is 11.5 Å². The van der Waals surface area contributed by atoms with Crippen molar-refractivity contribution in [3.05, 3.63) is 23.8 Å². The SMILES string of the molecule is CSc1ccc(OC(F)F)c(C(Br)C(C)=O)c1. The molecule has 0 spiro atoms. The van der Waals surface area contributed by atoms with Crippen LogP contribution in [0.5, 0.6) is 5.75 Å². The number of carbonyl (C=O) groups excluding carboxylic acids is 1. The number of hydrogen-bond donors (Lipinski definition) is 0. The Morgan fingerprint density at radius 2 is 2.12 bits per heavy atom. The van der Waals surface area contributed by atoms with Gasteiger partial charge in [0.25, 0.3) is 0 Å². The molecule has 0 fully saturated rings. The van der Waals surface area contributed by atoms with E-state index in [4.69, 9.17) is 0 Å². The summed E-state index contributed by atoms with van der Waals surface area (Å²) in [6, 6.07) is 4.79. The van der Waals surface area contributed by atoms with E-state index in [0.717, 1.165) is 4.90 Å². The van der Waals surface area contributed by atoms with Gasteiger partial charge in [-0.2, -0.15) is 8.78 Å². The first-order valence-corrected chi connectivity index (χ1v) is 6.87. The first kappa shape index (κ1) is 14.4. The molecule has 1 aromatic rings. The highest BCUT2D eigenvalue weighted by Gasteiger charge is 2.20. The summed E-state index contributed by atoms with van der Waals surface area (Å²) in [6.07, 6.45) is 1.86. The molecule has 94 valence electrons. The molecule has 0 amide bonds. The fourth-order valence-electron chi connectivity index (χ4n) is 1.27. The van der Waals surface area contributed by atoms with E-state index in [1.54, 1.807) is 12.1 Å². The molecule has 0 saturated carbocycles. The first-order chi connectivity index (χ1) is 7.95. The van der Waals surface area contributed by atoms with Gasteiger partial charge in [-0.25, -0.2) is 0 Å². The van der Waals surface area contributed by atoms with Gasteiger partial charge in [0.2, 0.25) is 0 Å².